The van der Waals surface area contributed by atoms with E-state index in [1.165, 1.54) is 0 Å². The number of hydrogen-bond donors (Lipinski definition) is 2. The van der Waals surface area contributed by atoms with E-state index >= 15 is 0 Å². The van der Waals surface area contributed by atoms with Gasteiger partial charge in [-0.1, -0.05) is 30.3 Å². The molecule has 23 heavy (non-hydrogen) atoms. The van der Waals surface area contributed by atoms with Crippen molar-refractivity contribution in [2.24, 2.45) is 5.92 Å². The third-order valence-corrected chi connectivity index (χ3v) is 4.64. The molecule has 1 saturated heterocycles. The Kier molecular flexibility index (Phi) is 4.84. The van der Waals surface area contributed by atoms with E-state index in [0.29, 0.717) is 12.6 Å². The van der Waals surface area contributed by atoms with Crippen LogP contribution in [-0.2, 0) is 4.79 Å². The molecule has 2 unspecified atom stereocenters. The van der Waals surface area contributed by atoms with Gasteiger partial charge >= 0.3 is 6.03 Å². The van der Waals surface area contributed by atoms with E-state index < -0.39 is 0 Å². The van der Waals surface area contributed by atoms with E-state index in [1.807, 2.05) is 37.3 Å². The smallest absolute Gasteiger partial charge is 0.317 e. The number of urea groups is 1. The van der Waals surface area contributed by atoms with Gasteiger partial charge in [-0.05, 0) is 38.2 Å². The standard InChI is InChI=1S/C18H25N3O2/c1-13(14-6-3-2-4-7-14)19-17(22)15-8-5-11-21(12-15)18(23)20-16-9-10-16/h2-4,6-7,13,15-16H,5,8-12H2,1H3,(H,19,22)(H,20,23). The van der Waals surface area contributed by atoms with Gasteiger partial charge in [0.1, 0.15) is 0 Å². The summed E-state index contributed by atoms with van der Waals surface area (Å²) in [4.78, 5) is 26.4. The molecule has 1 saturated carbocycles. The molecular formula is C18H25N3O2. The fourth-order valence-corrected chi connectivity index (χ4v) is 3.03. The summed E-state index contributed by atoms with van der Waals surface area (Å²) in [5.41, 5.74) is 1.10. The zero-order valence-electron chi connectivity index (χ0n) is 13.6. The Morgan fingerprint density at radius 1 is 1.17 bits per heavy atom. The van der Waals surface area contributed by atoms with Crippen molar-refractivity contribution in [3.8, 4) is 0 Å². The first-order valence-corrected chi connectivity index (χ1v) is 8.54. The number of likely N-dealkylation sites (tertiary alicyclic amines) is 1. The van der Waals surface area contributed by atoms with E-state index in [9.17, 15) is 9.59 Å². The van der Waals surface area contributed by atoms with Gasteiger partial charge in [0.05, 0.1) is 12.0 Å². The number of piperidine rings is 1. The highest BCUT2D eigenvalue weighted by atomic mass is 16.2. The number of rotatable bonds is 4. The maximum Gasteiger partial charge on any atom is 0.317 e. The molecule has 2 atom stereocenters. The first kappa shape index (κ1) is 15.8. The summed E-state index contributed by atoms with van der Waals surface area (Å²) < 4.78 is 0. The number of benzene rings is 1. The summed E-state index contributed by atoms with van der Waals surface area (Å²) >= 11 is 0. The van der Waals surface area contributed by atoms with Crippen molar-refractivity contribution < 1.29 is 9.59 Å². The molecule has 5 nitrogen and oxygen atoms in total. The molecule has 3 rings (SSSR count). The topological polar surface area (TPSA) is 61.4 Å². The second-order valence-electron chi connectivity index (χ2n) is 6.65. The molecule has 1 aliphatic heterocycles. The van der Waals surface area contributed by atoms with Crippen LogP contribution >= 0.6 is 0 Å². The van der Waals surface area contributed by atoms with Crippen molar-refractivity contribution in [3.05, 3.63) is 35.9 Å². The molecule has 0 radical (unpaired) electrons. The Morgan fingerprint density at radius 3 is 2.61 bits per heavy atom. The molecule has 0 bridgehead atoms. The van der Waals surface area contributed by atoms with Gasteiger partial charge in [-0.25, -0.2) is 4.79 Å². The number of hydrogen-bond acceptors (Lipinski definition) is 2. The number of nitrogens with zero attached hydrogens (tertiary/aromatic N) is 1. The van der Waals surface area contributed by atoms with Gasteiger partial charge in [0.2, 0.25) is 5.91 Å². The first-order valence-electron chi connectivity index (χ1n) is 8.54. The molecule has 2 aliphatic rings. The summed E-state index contributed by atoms with van der Waals surface area (Å²) in [6.07, 6.45) is 3.90. The lowest BCUT2D eigenvalue weighted by Gasteiger charge is -2.32. The minimum Gasteiger partial charge on any atom is -0.349 e. The van der Waals surface area contributed by atoms with Gasteiger partial charge in [0.25, 0.3) is 0 Å². The zero-order chi connectivity index (χ0) is 16.2. The van der Waals surface area contributed by atoms with Crippen LogP contribution < -0.4 is 10.6 Å². The van der Waals surface area contributed by atoms with Crippen LogP contribution in [0.5, 0.6) is 0 Å². The molecule has 1 aliphatic carbocycles. The minimum atomic E-state index is -0.111. The van der Waals surface area contributed by atoms with Crippen LogP contribution in [0.3, 0.4) is 0 Å². The van der Waals surface area contributed by atoms with Crippen LogP contribution in [0.1, 0.15) is 44.2 Å². The van der Waals surface area contributed by atoms with Gasteiger partial charge in [0, 0.05) is 19.1 Å². The number of carbonyl (C=O) groups is 2. The highest BCUT2D eigenvalue weighted by molar-refractivity contribution is 5.81. The maximum atomic E-state index is 12.5. The lowest BCUT2D eigenvalue weighted by atomic mass is 9.96. The zero-order valence-corrected chi connectivity index (χ0v) is 13.6. The molecule has 0 spiro atoms. The third-order valence-electron chi connectivity index (χ3n) is 4.64. The lowest BCUT2D eigenvalue weighted by molar-refractivity contribution is -0.126. The second-order valence-corrected chi connectivity index (χ2v) is 6.65. The average Bonchev–Trinajstić information content (AvgIpc) is 3.39. The van der Waals surface area contributed by atoms with Gasteiger partial charge < -0.3 is 15.5 Å². The van der Waals surface area contributed by atoms with E-state index in [0.717, 1.165) is 37.8 Å². The number of carbonyl (C=O) groups excluding carboxylic acids is 2. The largest absolute Gasteiger partial charge is 0.349 e. The van der Waals surface area contributed by atoms with Gasteiger partial charge in [-0.3, -0.25) is 4.79 Å². The van der Waals surface area contributed by atoms with Crippen molar-refractivity contribution in [2.45, 2.75) is 44.7 Å². The quantitative estimate of drug-likeness (QED) is 0.896. The summed E-state index contributed by atoms with van der Waals surface area (Å²) in [6.45, 7) is 3.26. The van der Waals surface area contributed by atoms with E-state index in [-0.39, 0.29) is 23.9 Å². The molecule has 1 aromatic carbocycles. The molecule has 124 valence electrons. The minimum absolute atomic E-state index is 0.0129. The monoisotopic (exact) mass is 315 g/mol. The molecular weight excluding hydrogens is 290 g/mol. The summed E-state index contributed by atoms with van der Waals surface area (Å²) in [5, 5.41) is 6.09. The van der Waals surface area contributed by atoms with Crippen LogP contribution in [0.25, 0.3) is 0 Å². The van der Waals surface area contributed by atoms with Crippen molar-refractivity contribution >= 4 is 11.9 Å². The molecule has 1 aromatic rings. The van der Waals surface area contributed by atoms with Crippen molar-refractivity contribution in [1.29, 1.82) is 0 Å². The van der Waals surface area contributed by atoms with Gasteiger partial charge in [-0.15, -0.1) is 0 Å². The van der Waals surface area contributed by atoms with Crippen molar-refractivity contribution in [2.75, 3.05) is 13.1 Å². The highest BCUT2D eigenvalue weighted by Crippen LogP contribution is 2.22. The average molecular weight is 315 g/mol. The highest BCUT2D eigenvalue weighted by Gasteiger charge is 2.31. The Labute approximate surface area is 137 Å². The Bertz CT molecular complexity index is 557. The molecule has 0 aromatic heterocycles. The molecule has 3 amide bonds. The predicted molar refractivity (Wildman–Crippen MR) is 88.9 cm³/mol. The predicted octanol–water partition coefficient (Wildman–Crippen LogP) is 2.45. The van der Waals surface area contributed by atoms with Gasteiger partial charge in [-0.2, -0.15) is 0 Å². The maximum absolute atomic E-state index is 12.5. The second kappa shape index (κ2) is 7.02. The Balaban J connectivity index is 1.53. The number of nitrogens with one attached hydrogen (secondary N) is 2. The third kappa shape index (κ3) is 4.24. The van der Waals surface area contributed by atoms with E-state index in [2.05, 4.69) is 10.6 Å². The van der Waals surface area contributed by atoms with Crippen LogP contribution in [0.4, 0.5) is 4.79 Å². The van der Waals surface area contributed by atoms with Crippen molar-refractivity contribution in [1.82, 2.24) is 15.5 Å². The molecule has 2 fully saturated rings. The fourth-order valence-electron chi connectivity index (χ4n) is 3.03. The van der Waals surface area contributed by atoms with E-state index in [1.54, 1.807) is 4.90 Å². The lowest BCUT2D eigenvalue weighted by Crippen LogP contribution is -2.49. The van der Waals surface area contributed by atoms with Crippen molar-refractivity contribution in [3.63, 3.8) is 0 Å². The molecule has 1 heterocycles. The van der Waals surface area contributed by atoms with Crippen LogP contribution in [-0.4, -0.2) is 36.0 Å². The number of amides is 3. The first-order chi connectivity index (χ1) is 11.1. The summed E-state index contributed by atoms with van der Waals surface area (Å²) in [7, 11) is 0. The van der Waals surface area contributed by atoms with Crippen LogP contribution in [0, 0.1) is 5.92 Å². The Hall–Kier alpha value is -2.04. The SMILES string of the molecule is CC(NC(=O)C1CCCN(C(=O)NC2CC2)C1)c1ccccc1. The fraction of sp³-hybridized carbons (Fsp3) is 0.556. The molecule has 5 heteroatoms. The molecule has 2 N–H and O–H groups in total. The van der Waals surface area contributed by atoms with E-state index in [4.69, 9.17) is 0 Å². The Morgan fingerprint density at radius 2 is 1.91 bits per heavy atom. The normalized spacial score (nSPS) is 22.3. The van der Waals surface area contributed by atoms with Gasteiger partial charge in [0.15, 0.2) is 0 Å². The van der Waals surface area contributed by atoms with Crippen LogP contribution in [0.15, 0.2) is 30.3 Å². The summed E-state index contributed by atoms with van der Waals surface area (Å²) in [6, 6.07) is 10.3. The van der Waals surface area contributed by atoms with Crippen LogP contribution in [0.2, 0.25) is 0 Å². The summed E-state index contributed by atoms with van der Waals surface area (Å²) in [5.74, 6) is -0.0647.